The molecule has 0 bridgehead atoms. The monoisotopic (exact) mass is 478 g/mol. The summed E-state index contributed by atoms with van der Waals surface area (Å²) in [5.74, 6) is 0.641. The molecule has 1 heterocycles. The Hall–Kier alpha value is -2.83. The molecule has 0 atom stereocenters. The first-order chi connectivity index (χ1) is 14.6. The van der Waals surface area contributed by atoms with Crippen LogP contribution in [0.5, 0.6) is 5.75 Å². The summed E-state index contributed by atoms with van der Waals surface area (Å²) in [7, 11) is 1.62. The number of nitrogens with zero attached hydrogens (tertiary/aromatic N) is 2. The molecule has 1 aliphatic rings. The fraction of sp³-hybridized carbons (Fsp3) is 0.0833. The van der Waals surface area contributed by atoms with Gasteiger partial charge in [0.05, 0.1) is 24.2 Å². The molecule has 4 nitrogen and oxygen atoms in total. The van der Waals surface area contributed by atoms with Crippen molar-refractivity contribution in [2.45, 2.75) is 6.54 Å². The van der Waals surface area contributed by atoms with Crippen molar-refractivity contribution < 1.29 is 9.53 Å². The number of amidine groups is 1. The number of thioether (sulfide) groups is 1. The first-order valence-corrected chi connectivity index (χ1v) is 11.0. The third-order valence-corrected chi connectivity index (χ3v) is 6.03. The van der Waals surface area contributed by atoms with E-state index in [2.05, 4.69) is 15.9 Å². The summed E-state index contributed by atoms with van der Waals surface area (Å²) in [5, 5.41) is 0.662. The molecule has 30 heavy (non-hydrogen) atoms. The van der Waals surface area contributed by atoms with Crippen molar-refractivity contribution in [2.24, 2.45) is 4.99 Å². The van der Waals surface area contributed by atoms with Crippen molar-refractivity contribution in [3.8, 4) is 5.75 Å². The average molecular weight is 479 g/mol. The Morgan fingerprint density at radius 3 is 2.43 bits per heavy atom. The Balaban J connectivity index is 1.73. The van der Waals surface area contributed by atoms with Gasteiger partial charge in [0.25, 0.3) is 5.91 Å². The van der Waals surface area contributed by atoms with Crippen LogP contribution in [0.3, 0.4) is 0 Å². The number of aliphatic imine (C=N–C) groups is 1. The molecule has 6 heteroatoms. The van der Waals surface area contributed by atoms with Crippen molar-refractivity contribution in [3.63, 3.8) is 0 Å². The van der Waals surface area contributed by atoms with E-state index in [4.69, 9.17) is 9.73 Å². The molecular formula is C24H19BrN2O2S. The van der Waals surface area contributed by atoms with Crippen molar-refractivity contribution in [3.05, 3.63) is 99.4 Å². The number of carbonyl (C=O) groups excluding carboxylic acids is 1. The standard InChI is InChI=1S/C24H19BrN2O2S/c1-29-21-13-12-19(25)14-18(21)15-22-23(28)27(16-17-8-4-2-5-9-17)24(30-22)26-20-10-6-3-7-11-20/h2-15H,16H2,1H3/b22-15+,26-24?. The Morgan fingerprint density at radius 2 is 1.73 bits per heavy atom. The minimum atomic E-state index is -0.0689. The normalized spacial score (nSPS) is 16.5. The predicted octanol–water partition coefficient (Wildman–Crippen LogP) is 6.26. The molecule has 3 aromatic rings. The highest BCUT2D eigenvalue weighted by Crippen LogP contribution is 2.37. The minimum Gasteiger partial charge on any atom is -0.496 e. The Labute approximate surface area is 188 Å². The van der Waals surface area contributed by atoms with Crippen LogP contribution in [0.4, 0.5) is 5.69 Å². The molecule has 0 N–H and O–H groups in total. The minimum absolute atomic E-state index is 0.0689. The molecule has 1 amide bonds. The lowest BCUT2D eigenvalue weighted by Crippen LogP contribution is -2.28. The van der Waals surface area contributed by atoms with Gasteiger partial charge in [0.15, 0.2) is 5.17 Å². The quantitative estimate of drug-likeness (QED) is 0.406. The highest BCUT2D eigenvalue weighted by Gasteiger charge is 2.33. The zero-order valence-electron chi connectivity index (χ0n) is 16.3. The van der Waals surface area contributed by atoms with Crippen LogP contribution in [0.15, 0.2) is 93.2 Å². The number of halogens is 1. The van der Waals surface area contributed by atoms with Crippen LogP contribution in [0.2, 0.25) is 0 Å². The molecule has 0 radical (unpaired) electrons. The molecule has 1 aliphatic heterocycles. The molecule has 1 saturated heterocycles. The average Bonchev–Trinajstić information content (AvgIpc) is 3.04. The van der Waals surface area contributed by atoms with Crippen LogP contribution < -0.4 is 4.74 Å². The smallest absolute Gasteiger partial charge is 0.267 e. The molecule has 150 valence electrons. The number of benzene rings is 3. The van der Waals surface area contributed by atoms with Gasteiger partial charge in [-0.1, -0.05) is 64.5 Å². The third-order valence-electron chi connectivity index (χ3n) is 4.53. The van der Waals surface area contributed by atoms with E-state index in [0.29, 0.717) is 22.4 Å². The molecule has 1 fully saturated rings. The summed E-state index contributed by atoms with van der Waals surface area (Å²) in [5.41, 5.74) is 2.70. The van der Waals surface area contributed by atoms with E-state index in [1.165, 1.54) is 11.8 Å². The van der Waals surface area contributed by atoms with Crippen LogP contribution in [-0.4, -0.2) is 23.1 Å². The van der Waals surface area contributed by atoms with Crippen LogP contribution in [0.1, 0.15) is 11.1 Å². The van der Waals surface area contributed by atoms with Gasteiger partial charge in [-0.3, -0.25) is 9.69 Å². The van der Waals surface area contributed by atoms with E-state index in [-0.39, 0.29) is 5.91 Å². The highest BCUT2D eigenvalue weighted by atomic mass is 79.9. The van der Waals surface area contributed by atoms with Gasteiger partial charge in [-0.05, 0) is 53.7 Å². The lowest BCUT2D eigenvalue weighted by Gasteiger charge is -2.15. The van der Waals surface area contributed by atoms with Crippen molar-refractivity contribution >= 4 is 50.5 Å². The summed E-state index contributed by atoms with van der Waals surface area (Å²) in [4.78, 5) is 20.4. The second-order valence-corrected chi connectivity index (χ2v) is 8.53. The molecule has 4 rings (SSSR count). The van der Waals surface area contributed by atoms with E-state index >= 15 is 0 Å². The van der Waals surface area contributed by atoms with Crippen molar-refractivity contribution in [1.82, 2.24) is 4.90 Å². The van der Waals surface area contributed by atoms with Crippen LogP contribution in [0, 0.1) is 0 Å². The number of hydrogen-bond donors (Lipinski definition) is 0. The zero-order chi connectivity index (χ0) is 20.9. The number of para-hydroxylation sites is 1. The highest BCUT2D eigenvalue weighted by molar-refractivity contribution is 9.10. The van der Waals surface area contributed by atoms with Gasteiger partial charge in [-0.25, -0.2) is 4.99 Å². The topological polar surface area (TPSA) is 41.9 Å². The van der Waals surface area contributed by atoms with Gasteiger partial charge in [0.1, 0.15) is 5.75 Å². The van der Waals surface area contributed by atoms with E-state index in [1.54, 1.807) is 12.0 Å². The number of hydrogen-bond acceptors (Lipinski definition) is 4. The largest absolute Gasteiger partial charge is 0.496 e. The SMILES string of the molecule is COc1ccc(Br)cc1/C=C1/SC(=Nc2ccccc2)N(Cc2ccccc2)C1=O. The van der Waals surface area contributed by atoms with E-state index in [9.17, 15) is 4.79 Å². The second-order valence-electron chi connectivity index (χ2n) is 6.60. The molecule has 0 saturated carbocycles. The molecule has 0 unspecified atom stereocenters. The first-order valence-electron chi connectivity index (χ1n) is 9.36. The Kier molecular flexibility index (Phi) is 6.35. The number of amides is 1. The predicted molar refractivity (Wildman–Crippen MR) is 127 cm³/mol. The first kappa shape index (κ1) is 20.4. The van der Waals surface area contributed by atoms with E-state index < -0.39 is 0 Å². The lowest BCUT2D eigenvalue weighted by atomic mass is 10.1. The summed E-state index contributed by atoms with van der Waals surface area (Å²) >= 11 is 4.87. The van der Waals surface area contributed by atoms with Gasteiger partial charge in [0, 0.05) is 10.0 Å². The van der Waals surface area contributed by atoms with Gasteiger partial charge < -0.3 is 4.74 Å². The van der Waals surface area contributed by atoms with E-state index in [0.717, 1.165) is 21.3 Å². The summed E-state index contributed by atoms with van der Waals surface area (Å²) in [6.07, 6.45) is 1.86. The Bertz CT molecular complexity index is 1110. The van der Waals surface area contributed by atoms with Crippen LogP contribution in [-0.2, 0) is 11.3 Å². The second kappa shape index (κ2) is 9.32. The maximum atomic E-state index is 13.3. The van der Waals surface area contributed by atoms with Crippen molar-refractivity contribution in [2.75, 3.05) is 7.11 Å². The number of ether oxygens (including phenoxy) is 1. The van der Waals surface area contributed by atoms with Gasteiger partial charge in [0.2, 0.25) is 0 Å². The molecule has 0 spiro atoms. The summed E-state index contributed by atoms with van der Waals surface area (Å²) < 4.78 is 6.38. The summed E-state index contributed by atoms with van der Waals surface area (Å²) in [6.45, 7) is 0.464. The van der Waals surface area contributed by atoms with Crippen LogP contribution >= 0.6 is 27.7 Å². The Morgan fingerprint density at radius 1 is 1.03 bits per heavy atom. The van der Waals surface area contributed by atoms with E-state index in [1.807, 2.05) is 84.9 Å². The van der Waals surface area contributed by atoms with Gasteiger partial charge in [-0.15, -0.1) is 0 Å². The molecular weight excluding hydrogens is 460 g/mol. The third kappa shape index (κ3) is 4.66. The lowest BCUT2D eigenvalue weighted by molar-refractivity contribution is -0.122. The summed E-state index contributed by atoms with van der Waals surface area (Å²) in [6, 6.07) is 25.3. The zero-order valence-corrected chi connectivity index (χ0v) is 18.7. The van der Waals surface area contributed by atoms with Gasteiger partial charge >= 0.3 is 0 Å². The molecule has 0 aliphatic carbocycles. The fourth-order valence-electron chi connectivity index (χ4n) is 3.07. The maximum absolute atomic E-state index is 13.3. The van der Waals surface area contributed by atoms with Crippen LogP contribution in [0.25, 0.3) is 6.08 Å². The maximum Gasteiger partial charge on any atom is 0.267 e. The number of methoxy groups -OCH3 is 1. The van der Waals surface area contributed by atoms with Gasteiger partial charge in [-0.2, -0.15) is 0 Å². The number of rotatable bonds is 5. The number of carbonyl (C=O) groups is 1. The fourth-order valence-corrected chi connectivity index (χ4v) is 4.44. The van der Waals surface area contributed by atoms with Crippen molar-refractivity contribution in [1.29, 1.82) is 0 Å². The molecule has 3 aromatic carbocycles. The molecule has 0 aromatic heterocycles.